The maximum atomic E-state index is 12.8. The van der Waals surface area contributed by atoms with Gasteiger partial charge in [0.05, 0.1) is 23.7 Å². The van der Waals surface area contributed by atoms with Crippen molar-refractivity contribution in [2.24, 2.45) is 0 Å². The molecule has 1 fully saturated rings. The SMILES string of the molecule is COc1cc(/C=C2/NC(=O)N(Cc3ccccc3)C2=O)cc(Br)c1OCc1cccc(C(=O)O)c1. The van der Waals surface area contributed by atoms with Gasteiger partial charge in [0, 0.05) is 0 Å². The molecule has 8 nitrogen and oxygen atoms in total. The molecule has 3 aromatic carbocycles. The number of amides is 3. The van der Waals surface area contributed by atoms with Crippen LogP contribution in [0, 0.1) is 0 Å². The fourth-order valence-corrected chi connectivity index (χ4v) is 4.13. The van der Waals surface area contributed by atoms with Crippen molar-refractivity contribution in [3.63, 3.8) is 0 Å². The number of urea groups is 1. The summed E-state index contributed by atoms with van der Waals surface area (Å²) in [5, 5.41) is 11.8. The second-order valence-electron chi connectivity index (χ2n) is 7.69. The van der Waals surface area contributed by atoms with Crippen LogP contribution >= 0.6 is 15.9 Å². The first-order valence-electron chi connectivity index (χ1n) is 10.6. The third-order valence-corrected chi connectivity index (χ3v) is 5.85. The van der Waals surface area contributed by atoms with E-state index >= 15 is 0 Å². The van der Waals surface area contributed by atoms with Crippen LogP contribution in [0.3, 0.4) is 0 Å². The maximum Gasteiger partial charge on any atom is 0.335 e. The highest BCUT2D eigenvalue weighted by Crippen LogP contribution is 2.38. The number of ether oxygens (including phenoxy) is 2. The molecular weight excluding hydrogens is 516 g/mol. The van der Waals surface area contributed by atoms with E-state index in [9.17, 15) is 14.4 Å². The fourth-order valence-electron chi connectivity index (χ4n) is 3.56. The summed E-state index contributed by atoms with van der Waals surface area (Å²) < 4.78 is 11.9. The first-order chi connectivity index (χ1) is 16.9. The van der Waals surface area contributed by atoms with E-state index in [1.54, 1.807) is 30.3 Å². The molecule has 1 saturated heterocycles. The van der Waals surface area contributed by atoms with E-state index in [1.165, 1.54) is 19.2 Å². The van der Waals surface area contributed by atoms with Gasteiger partial charge in [0.1, 0.15) is 12.3 Å². The third-order valence-electron chi connectivity index (χ3n) is 5.27. The van der Waals surface area contributed by atoms with E-state index in [-0.39, 0.29) is 24.4 Å². The quantitative estimate of drug-likeness (QED) is 0.315. The van der Waals surface area contributed by atoms with Gasteiger partial charge in [-0.1, -0.05) is 42.5 Å². The number of carbonyl (C=O) groups is 3. The summed E-state index contributed by atoms with van der Waals surface area (Å²) in [6.07, 6.45) is 1.57. The van der Waals surface area contributed by atoms with Gasteiger partial charge in [-0.15, -0.1) is 0 Å². The molecule has 4 rings (SSSR count). The second kappa shape index (κ2) is 10.4. The smallest absolute Gasteiger partial charge is 0.335 e. The van der Waals surface area contributed by atoms with E-state index in [0.717, 1.165) is 10.5 Å². The Kier molecular flexibility index (Phi) is 7.17. The van der Waals surface area contributed by atoms with Crippen LogP contribution in [0.25, 0.3) is 6.08 Å². The molecule has 0 unspecified atom stereocenters. The number of hydrogen-bond acceptors (Lipinski definition) is 5. The van der Waals surface area contributed by atoms with Crippen LogP contribution in [-0.2, 0) is 17.9 Å². The first-order valence-corrected chi connectivity index (χ1v) is 11.4. The van der Waals surface area contributed by atoms with Crippen LogP contribution in [0.15, 0.2) is 76.9 Å². The molecule has 1 aliphatic rings. The van der Waals surface area contributed by atoms with Gasteiger partial charge in [-0.3, -0.25) is 9.69 Å². The van der Waals surface area contributed by atoms with Crippen LogP contribution < -0.4 is 14.8 Å². The number of carboxylic acid groups (broad SMARTS) is 1. The molecule has 0 saturated carbocycles. The molecule has 0 aliphatic carbocycles. The minimum absolute atomic E-state index is 0.125. The zero-order chi connectivity index (χ0) is 24.9. The van der Waals surface area contributed by atoms with Crippen molar-refractivity contribution < 1.29 is 29.0 Å². The lowest BCUT2D eigenvalue weighted by Crippen LogP contribution is -2.30. The summed E-state index contributed by atoms with van der Waals surface area (Å²) in [6, 6.07) is 18.7. The number of nitrogens with one attached hydrogen (secondary N) is 1. The number of nitrogens with zero attached hydrogens (tertiary/aromatic N) is 1. The average molecular weight is 537 g/mol. The van der Waals surface area contributed by atoms with Gasteiger partial charge >= 0.3 is 12.0 Å². The van der Waals surface area contributed by atoms with Crippen molar-refractivity contribution in [3.8, 4) is 11.5 Å². The fraction of sp³-hybridized carbons (Fsp3) is 0.115. The zero-order valence-corrected chi connectivity index (χ0v) is 20.2. The number of methoxy groups -OCH3 is 1. The lowest BCUT2D eigenvalue weighted by Gasteiger charge is -2.14. The molecule has 178 valence electrons. The molecule has 0 radical (unpaired) electrons. The lowest BCUT2D eigenvalue weighted by atomic mass is 10.1. The zero-order valence-electron chi connectivity index (χ0n) is 18.7. The number of rotatable bonds is 8. The Morgan fingerprint density at radius 2 is 1.80 bits per heavy atom. The number of imide groups is 1. The maximum absolute atomic E-state index is 12.8. The summed E-state index contributed by atoms with van der Waals surface area (Å²) in [5.41, 5.74) is 2.46. The van der Waals surface area contributed by atoms with Gasteiger partial charge in [-0.05, 0) is 63.0 Å². The Labute approximate surface area is 209 Å². The van der Waals surface area contributed by atoms with Crippen LogP contribution in [0.5, 0.6) is 11.5 Å². The predicted octanol–water partition coefficient (Wildman–Crippen LogP) is 4.83. The van der Waals surface area contributed by atoms with Crippen molar-refractivity contribution in [3.05, 3.63) is 99.2 Å². The van der Waals surface area contributed by atoms with E-state index < -0.39 is 17.9 Å². The van der Waals surface area contributed by atoms with E-state index in [2.05, 4.69) is 21.2 Å². The molecule has 1 heterocycles. The molecule has 35 heavy (non-hydrogen) atoms. The van der Waals surface area contributed by atoms with Crippen molar-refractivity contribution in [2.45, 2.75) is 13.2 Å². The number of carbonyl (C=O) groups excluding carboxylic acids is 2. The van der Waals surface area contributed by atoms with Gasteiger partial charge in [0.2, 0.25) is 0 Å². The number of halogens is 1. The molecule has 1 aliphatic heterocycles. The van der Waals surface area contributed by atoms with Crippen LogP contribution in [0.2, 0.25) is 0 Å². The molecule has 3 amide bonds. The summed E-state index contributed by atoms with van der Waals surface area (Å²) in [4.78, 5) is 37.6. The van der Waals surface area contributed by atoms with Gasteiger partial charge in [-0.2, -0.15) is 0 Å². The molecule has 0 aromatic heterocycles. The summed E-state index contributed by atoms with van der Waals surface area (Å²) >= 11 is 3.47. The normalized spacial score (nSPS) is 14.2. The third kappa shape index (κ3) is 5.52. The van der Waals surface area contributed by atoms with E-state index in [1.807, 2.05) is 30.3 Å². The number of hydrogen-bond donors (Lipinski definition) is 2. The van der Waals surface area contributed by atoms with Gasteiger partial charge in [0.25, 0.3) is 5.91 Å². The van der Waals surface area contributed by atoms with Crippen molar-refractivity contribution >= 4 is 39.9 Å². The van der Waals surface area contributed by atoms with Crippen LogP contribution in [0.4, 0.5) is 4.79 Å². The largest absolute Gasteiger partial charge is 0.493 e. The second-order valence-corrected chi connectivity index (χ2v) is 8.55. The van der Waals surface area contributed by atoms with Crippen LogP contribution in [-0.4, -0.2) is 35.0 Å². The summed E-state index contributed by atoms with van der Waals surface area (Å²) in [5.74, 6) is -0.618. The predicted molar refractivity (Wildman–Crippen MR) is 132 cm³/mol. The highest BCUT2D eigenvalue weighted by Gasteiger charge is 2.33. The number of benzene rings is 3. The van der Waals surface area contributed by atoms with E-state index in [0.29, 0.717) is 27.1 Å². The molecule has 0 atom stereocenters. The Balaban J connectivity index is 1.53. The minimum Gasteiger partial charge on any atom is -0.493 e. The van der Waals surface area contributed by atoms with Gasteiger partial charge in [-0.25, -0.2) is 9.59 Å². The first kappa shape index (κ1) is 24.0. The summed E-state index contributed by atoms with van der Waals surface area (Å²) in [7, 11) is 1.49. The summed E-state index contributed by atoms with van der Waals surface area (Å²) in [6.45, 7) is 0.297. The number of carboxylic acids is 1. The molecule has 0 bridgehead atoms. The topological polar surface area (TPSA) is 105 Å². The highest BCUT2D eigenvalue weighted by molar-refractivity contribution is 9.10. The minimum atomic E-state index is -1.01. The van der Waals surface area contributed by atoms with Crippen molar-refractivity contribution in [1.29, 1.82) is 0 Å². The Morgan fingerprint density at radius 3 is 2.51 bits per heavy atom. The highest BCUT2D eigenvalue weighted by atomic mass is 79.9. The number of aromatic carboxylic acids is 1. The van der Waals surface area contributed by atoms with E-state index in [4.69, 9.17) is 14.6 Å². The van der Waals surface area contributed by atoms with Gasteiger partial charge in [0.15, 0.2) is 11.5 Å². The molecular formula is C26H21BrN2O6. The standard InChI is InChI=1S/C26H21BrN2O6/c1-34-22-13-18(11-20(27)23(22)35-15-17-8-5-9-19(10-17)25(31)32)12-21-24(30)29(26(33)28-21)14-16-6-3-2-4-7-16/h2-13H,14-15H2,1H3,(H,28,33)(H,31,32)/b21-12+. The Morgan fingerprint density at radius 1 is 1.06 bits per heavy atom. The average Bonchev–Trinajstić information content (AvgIpc) is 3.11. The Bertz CT molecular complexity index is 1320. The van der Waals surface area contributed by atoms with Crippen molar-refractivity contribution in [2.75, 3.05) is 7.11 Å². The molecule has 2 N–H and O–H groups in total. The van der Waals surface area contributed by atoms with Crippen molar-refractivity contribution in [1.82, 2.24) is 10.2 Å². The Hall–Kier alpha value is -4.11. The molecule has 0 spiro atoms. The van der Waals surface area contributed by atoms with Gasteiger partial charge < -0.3 is 19.9 Å². The van der Waals surface area contributed by atoms with Crippen LogP contribution in [0.1, 0.15) is 27.0 Å². The lowest BCUT2D eigenvalue weighted by molar-refractivity contribution is -0.123. The molecule has 3 aromatic rings. The monoisotopic (exact) mass is 536 g/mol. The molecule has 9 heteroatoms.